The maximum absolute atomic E-state index is 13.5. The summed E-state index contributed by atoms with van der Waals surface area (Å²) in [6.45, 7) is 1.22. The molecule has 1 fully saturated rings. The van der Waals surface area contributed by atoms with Crippen LogP contribution in [-0.2, 0) is 25.4 Å². The van der Waals surface area contributed by atoms with Gasteiger partial charge >= 0.3 is 5.69 Å². The number of hydrogen-bond donors (Lipinski definition) is 1. The van der Waals surface area contributed by atoms with Gasteiger partial charge in [0, 0.05) is 40.4 Å². The minimum absolute atomic E-state index is 0.168. The van der Waals surface area contributed by atoms with Gasteiger partial charge in [0.25, 0.3) is 11.5 Å². The van der Waals surface area contributed by atoms with Crippen molar-refractivity contribution >= 4 is 28.1 Å². The van der Waals surface area contributed by atoms with Gasteiger partial charge in [-0.15, -0.1) is 0 Å². The highest BCUT2D eigenvalue weighted by atomic mass is 16.5. The first-order valence-electron chi connectivity index (χ1n) is 12.3. The minimum Gasteiger partial charge on any atom is -0.389 e. The van der Waals surface area contributed by atoms with Crippen LogP contribution < -0.4 is 11.2 Å². The summed E-state index contributed by atoms with van der Waals surface area (Å²) >= 11 is 0. The third-order valence-electron chi connectivity index (χ3n) is 7.53. The van der Waals surface area contributed by atoms with Crippen LogP contribution >= 0.6 is 0 Å². The van der Waals surface area contributed by atoms with Gasteiger partial charge in [-0.05, 0) is 37.5 Å². The molecule has 1 aliphatic carbocycles. The van der Waals surface area contributed by atoms with Gasteiger partial charge < -0.3 is 23.9 Å². The molecule has 37 heavy (non-hydrogen) atoms. The molecule has 0 spiro atoms. The monoisotopic (exact) mass is 509 g/mol. The number of hydrogen-bond acceptors (Lipinski definition) is 7. The molecular weight excluding hydrogens is 478 g/mol. The number of nitrogens with zero attached hydrogens (tertiary/aromatic N) is 7. The molecule has 0 saturated heterocycles. The zero-order valence-corrected chi connectivity index (χ0v) is 21.4. The van der Waals surface area contributed by atoms with Crippen molar-refractivity contribution in [3.05, 3.63) is 57.3 Å². The zero-order chi connectivity index (χ0) is 26.4. The molecule has 12 heteroatoms. The second kappa shape index (κ2) is 9.60. The van der Waals surface area contributed by atoms with Gasteiger partial charge in [0.1, 0.15) is 5.65 Å². The highest BCUT2D eigenvalue weighted by Crippen LogP contribution is 2.33. The summed E-state index contributed by atoms with van der Waals surface area (Å²) in [4.78, 5) is 48.8. The van der Waals surface area contributed by atoms with Gasteiger partial charge in [-0.25, -0.2) is 14.8 Å². The van der Waals surface area contributed by atoms with Crippen LogP contribution in [0.25, 0.3) is 22.2 Å². The van der Waals surface area contributed by atoms with Crippen molar-refractivity contribution in [3.63, 3.8) is 0 Å². The molecule has 0 bridgehead atoms. The number of aromatic nitrogens is 6. The number of carbonyl (C=O) groups excluding carboxylic acids is 1. The fourth-order valence-electron chi connectivity index (χ4n) is 5.42. The van der Waals surface area contributed by atoms with E-state index in [-0.39, 0.29) is 11.4 Å². The van der Waals surface area contributed by atoms with Crippen molar-refractivity contribution in [2.45, 2.75) is 44.0 Å². The van der Waals surface area contributed by atoms with E-state index >= 15 is 0 Å². The second-order valence-electron chi connectivity index (χ2n) is 9.64. The van der Waals surface area contributed by atoms with E-state index in [0.717, 1.165) is 16.5 Å². The number of aliphatic hydroxyl groups is 1. The van der Waals surface area contributed by atoms with E-state index < -0.39 is 29.4 Å². The zero-order valence-electron chi connectivity index (χ0n) is 21.4. The summed E-state index contributed by atoms with van der Waals surface area (Å²) in [6.07, 6.45) is 4.31. The average Bonchev–Trinajstić information content (AvgIpc) is 3.53. The standard InChI is InChI=1S/C25H31N7O5/c1-28(23(34)15-8-9-17-16(12-15)26-13-31(17)10-11-37-4)18-6-5-7-19(21(18)33)32-14-27-20-22(32)29(2)25(36)30(3)24(20)35/h8-9,12-14,18-19,21,33H,5-7,10-11H2,1-4H3/t18-,19-,21-/m1/s1. The Kier molecular flexibility index (Phi) is 6.46. The molecule has 0 unspecified atom stereocenters. The SMILES string of the molecule is COCCn1cnc2cc(C(=O)N(C)[C@@H]3CCC[C@@H](n4cnc5c(=O)n(C)c(=O)n(C)c54)[C@@H]3O)ccc21. The molecule has 0 radical (unpaired) electrons. The Morgan fingerprint density at radius 3 is 2.70 bits per heavy atom. The number of likely N-dealkylation sites (N-methyl/N-ethyl adjacent to an activating group) is 1. The van der Waals surface area contributed by atoms with Crippen molar-refractivity contribution in [2.75, 3.05) is 20.8 Å². The summed E-state index contributed by atoms with van der Waals surface area (Å²) in [5.74, 6) is -0.213. The molecule has 3 heterocycles. The first-order chi connectivity index (χ1) is 17.7. The summed E-state index contributed by atoms with van der Waals surface area (Å²) in [5, 5.41) is 11.4. The van der Waals surface area contributed by atoms with E-state index in [0.29, 0.717) is 42.7 Å². The number of carbonyl (C=O) groups is 1. The fourth-order valence-corrected chi connectivity index (χ4v) is 5.42. The molecule has 5 rings (SSSR count). The topological polar surface area (TPSA) is 129 Å². The third kappa shape index (κ3) is 4.05. The Hall–Kier alpha value is -3.77. The van der Waals surface area contributed by atoms with Crippen LogP contribution in [0.15, 0.2) is 40.4 Å². The maximum atomic E-state index is 13.5. The molecule has 1 saturated carbocycles. The van der Waals surface area contributed by atoms with Crippen molar-refractivity contribution in [1.82, 2.24) is 33.1 Å². The smallest absolute Gasteiger partial charge is 0.332 e. The van der Waals surface area contributed by atoms with Gasteiger partial charge in [-0.2, -0.15) is 0 Å². The molecule has 1 amide bonds. The number of fused-ring (bicyclic) bond motifs is 2. The fraction of sp³-hybridized carbons (Fsp3) is 0.480. The Balaban J connectivity index is 1.42. The first-order valence-corrected chi connectivity index (χ1v) is 12.3. The molecule has 196 valence electrons. The van der Waals surface area contributed by atoms with E-state index in [1.165, 1.54) is 17.9 Å². The lowest BCUT2D eigenvalue weighted by molar-refractivity contribution is -0.0000218. The number of benzene rings is 1. The van der Waals surface area contributed by atoms with Gasteiger partial charge in [-0.3, -0.25) is 18.7 Å². The van der Waals surface area contributed by atoms with E-state index in [1.807, 2.05) is 10.6 Å². The van der Waals surface area contributed by atoms with Gasteiger partial charge in [0.05, 0.1) is 48.5 Å². The number of aryl methyl sites for hydroxylation is 1. The predicted molar refractivity (Wildman–Crippen MR) is 137 cm³/mol. The summed E-state index contributed by atoms with van der Waals surface area (Å²) in [7, 11) is 6.33. The number of ether oxygens (including phenoxy) is 1. The van der Waals surface area contributed by atoms with Crippen LogP contribution in [0.4, 0.5) is 0 Å². The molecule has 0 aliphatic heterocycles. The predicted octanol–water partition coefficient (Wildman–Crippen LogP) is 0.657. The normalized spacial score (nSPS) is 20.1. The third-order valence-corrected chi connectivity index (χ3v) is 7.53. The Morgan fingerprint density at radius 1 is 1.16 bits per heavy atom. The Bertz CT molecular complexity index is 1600. The lowest BCUT2D eigenvalue weighted by Gasteiger charge is -2.40. The highest BCUT2D eigenvalue weighted by Gasteiger charge is 2.38. The molecule has 3 atom stereocenters. The molecule has 1 aliphatic rings. The van der Waals surface area contributed by atoms with E-state index in [1.54, 1.807) is 49.1 Å². The van der Waals surface area contributed by atoms with Gasteiger partial charge in [0.15, 0.2) is 5.52 Å². The average molecular weight is 510 g/mol. The van der Waals surface area contributed by atoms with Crippen LogP contribution in [0.2, 0.25) is 0 Å². The van der Waals surface area contributed by atoms with Crippen LogP contribution in [0.3, 0.4) is 0 Å². The molecule has 12 nitrogen and oxygen atoms in total. The van der Waals surface area contributed by atoms with Gasteiger partial charge in [0.2, 0.25) is 0 Å². The van der Waals surface area contributed by atoms with E-state index in [2.05, 4.69) is 9.97 Å². The summed E-state index contributed by atoms with van der Waals surface area (Å²) in [5.41, 5.74) is 1.70. The molecule has 1 N–H and O–H groups in total. The molecular formula is C25H31N7O5. The van der Waals surface area contributed by atoms with E-state index in [9.17, 15) is 19.5 Å². The number of rotatable bonds is 6. The Labute approximate surface area is 212 Å². The van der Waals surface area contributed by atoms with Crippen molar-refractivity contribution in [3.8, 4) is 0 Å². The Morgan fingerprint density at radius 2 is 1.95 bits per heavy atom. The maximum Gasteiger partial charge on any atom is 0.332 e. The van der Waals surface area contributed by atoms with Crippen molar-refractivity contribution in [1.29, 1.82) is 0 Å². The molecule has 3 aromatic heterocycles. The van der Waals surface area contributed by atoms with Crippen LogP contribution in [0, 0.1) is 0 Å². The first kappa shape index (κ1) is 24.9. The summed E-state index contributed by atoms with van der Waals surface area (Å²) in [6, 6.07) is 4.50. The molecule has 1 aromatic carbocycles. The van der Waals surface area contributed by atoms with Crippen molar-refractivity contribution < 1.29 is 14.6 Å². The number of amides is 1. The second-order valence-corrected chi connectivity index (χ2v) is 9.64. The van der Waals surface area contributed by atoms with Crippen molar-refractivity contribution in [2.24, 2.45) is 14.1 Å². The van der Waals surface area contributed by atoms with Crippen LogP contribution in [0.1, 0.15) is 35.7 Å². The van der Waals surface area contributed by atoms with Gasteiger partial charge in [-0.1, -0.05) is 0 Å². The lowest BCUT2D eigenvalue weighted by atomic mass is 9.86. The highest BCUT2D eigenvalue weighted by molar-refractivity contribution is 5.97. The number of methoxy groups -OCH3 is 1. The lowest BCUT2D eigenvalue weighted by Crippen LogP contribution is -2.50. The summed E-state index contributed by atoms with van der Waals surface area (Å²) < 4.78 is 11.2. The minimum atomic E-state index is -0.920. The van der Waals surface area contributed by atoms with Crippen LogP contribution in [-0.4, -0.2) is 77.1 Å². The number of imidazole rings is 2. The largest absolute Gasteiger partial charge is 0.389 e. The quantitative estimate of drug-likeness (QED) is 0.404. The molecule has 4 aromatic rings. The van der Waals surface area contributed by atoms with E-state index in [4.69, 9.17) is 4.74 Å². The number of aliphatic hydroxyl groups excluding tert-OH is 1. The van der Waals surface area contributed by atoms with Crippen LogP contribution in [0.5, 0.6) is 0 Å².